The van der Waals surface area contributed by atoms with Crippen LogP contribution < -0.4 is 11.1 Å². The van der Waals surface area contributed by atoms with Gasteiger partial charge in [-0.15, -0.1) is 0 Å². The van der Waals surface area contributed by atoms with Crippen LogP contribution in [0.4, 0.5) is 0 Å². The quantitative estimate of drug-likeness (QED) is 0.805. The molecule has 0 aliphatic carbocycles. The van der Waals surface area contributed by atoms with Crippen molar-refractivity contribution >= 4 is 5.91 Å². The molecular formula is C13H18N2O3. The lowest BCUT2D eigenvalue weighted by Gasteiger charge is -2.23. The molecule has 0 bridgehead atoms. The third-order valence-corrected chi connectivity index (χ3v) is 2.80. The van der Waals surface area contributed by atoms with E-state index < -0.39 is 0 Å². The van der Waals surface area contributed by atoms with E-state index in [-0.39, 0.29) is 12.0 Å². The predicted molar refractivity (Wildman–Crippen MR) is 67.2 cm³/mol. The lowest BCUT2D eigenvalue weighted by atomic mass is 10.1. The first-order valence-corrected chi connectivity index (χ1v) is 6.06. The molecule has 5 nitrogen and oxygen atoms in total. The van der Waals surface area contributed by atoms with Crippen molar-refractivity contribution in [3.05, 3.63) is 35.4 Å². The first kappa shape index (κ1) is 13.0. The van der Waals surface area contributed by atoms with Crippen LogP contribution >= 0.6 is 0 Å². The number of nitrogens with one attached hydrogen (secondary N) is 1. The van der Waals surface area contributed by atoms with Crippen LogP contribution in [0.2, 0.25) is 0 Å². The summed E-state index contributed by atoms with van der Waals surface area (Å²) in [6.45, 7) is 2.64. The van der Waals surface area contributed by atoms with E-state index >= 15 is 0 Å². The second-order valence-corrected chi connectivity index (χ2v) is 4.18. The van der Waals surface area contributed by atoms with Crippen LogP contribution in [-0.2, 0) is 16.0 Å². The van der Waals surface area contributed by atoms with Gasteiger partial charge in [-0.25, -0.2) is 0 Å². The summed E-state index contributed by atoms with van der Waals surface area (Å²) >= 11 is 0. The van der Waals surface area contributed by atoms with E-state index in [0.29, 0.717) is 38.5 Å². The summed E-state index contributed by atoms with van der Waals surface area (Å²) in [6, 6.07) is 7.30. The lowest BCUT2D eigenvalue weighted by Crippen LogP contribution is -2.39. The van der Waals surface area contributed by atoms with Crippen molar-refractivity contribution in [2.45, 2.75) is 12.6 Å². The number of benzene rings is 1. The first-order chi connectivity index (χ1) is 8.79. The Hall–Kier alpha value is -1.43. The van der Waals surface area contributed by atoms with E-state index in [0.717, 1.165) is 5.56 Å². The topological polar surface area (TPSA) is 73.6 Å². The molecule has 1 aliphatic rings. The highest BCUT2D eigenvalue weighted by molar-refractivity contribution is 5.94. The molecule has 98 valence electrons. The molecule has 1 aromatic carbocycles. The molecule has 1 fully saturated rings. The molecule has 0 saturated carbocycles. The zero-order valence-corrected chi connectivity index (χ0v) is 10.2. The van der Waals surface area contributed by atoms with Crippen molar-refractivity contribution in [2.75, 3.05) is 26.4 Å². The molecule has 1 atom stereocenters. The molecule has 2 rings (SSSR count). The molecule has 0 spiro atoms. The van der Waals surface area contributed by atoms with Crippen molar-refractivity contribution < 1.29 is 14.3 Å². The van der Waals surface area contributed by atoms with Gasteiger partial charge in [0.2, 0.25) is 0 Å². The Bertz CT molecular complexity index is 403. The van der Waals surface area contributed by atoms with Crippen molar-refractivity contribution in [2.24, 2.45) is 5.73 Å². The van der Waals surface area contributed by atoms with E-state index in [9.17, 15) is 4.79 Å². The summed E-state index contributed by atoms with van der Waals surface area (Å²) < 4.78 is 10.7. The predicted octanol–water partition coefficient (Wildman–Crippen LogP) is 0.290. The number of amides is 1. The van der Waals surface area contributed by atoms with E-state index in [1.54, 1.807) is 12.1 Å². The molecule has 3 N–H and O–H groups in total. The van der Waals surface area contributed by atoms with Gasteiger partial charge in [-0.05, 0) is 17.7 Å². The van der Waals surface area contributed by atoms with E-state index in [2.05, 4.69) is 5.32 Å². The Morgan fingerprint density at radius 1 is 1.44 bits per heavy atom. The highest BCUT2D eigenvalue weighted by Gasteiger charge is 2.15. The fourth-order valence-electron chi connectivity index (χ4n) is 1.80. The Morgan fingerprint density at radius 3 is 3.06 bits per heavy atom. The van der Waals surface area contributed by atoms with Crippen LogP contribution in [0.15, 0.2) is 24.3 Å². The number of rotatable bonds is 4. The molecule has 18 heavy (non-hydrogen) atoms. The summed E-state index contributed by atoms with van der Waals surface area (Å²) in [7, 11) is 0. The summed E-state index contributed by atoms with van der Waals surface area (Å²) in [5, 5.41) is 2.84. The minimum Gasteiger partial charge on any atom is -0.376 e. The molecule has 0 radical (unpaired) electrons. The van der Waals surface area contributed by atoms with Crippen LogP contribution in [0.3, 0.4) is 0 Å². The zero-order valence-electron chi connectivity index (χ0n) is 10.2. The van der Waals surface area contributed by atoms with Gasteiger partial charge in [-0.3, -0.25) is 4.79 Å². The monoisotopic (exact) mass is 250 g/mol. The number of nitrogens with two attached hydrogens (primary N) is 1. The molecule has 1 saturated heterocycles. The van der Waals surface area contributed by atoms with Gasteiger partial charge in [0.25, 0.3) is 5.91 Å². The smallest absolute Gasteiger partial charge is 0.251 e. The maximum Gasteiger partial charge on any atom is 0.251 e. The van der Waals surface area contributed by atoms with Gasteiger partial charge >= 0.3 is 0 Å². The van der Waals surface area contributed by atoms with Gasteiger partial charge in [0.15, 0.2) is 0 Å². The van der Waals surface area contributed by atoms with E-state index in [4.69, 9.17) is 15.2 Å². The highest BCUT2D eigenvalue weighted by atomic mass is 16.6. The number of hydrogen-bond acceptors (Lipinski definition) is 4. The zero-order chi connectivity index (χ0) is 12.8. The fourth-order valence-corrected chi connectivity index (χ4v) is 1.80. The second-order valence-electron chi connectivity index (χ2n) is 4.18. The van der Waals surface area contributed by atoms with Crippen LogP contribution in [0, 0.1) is 0 Å². The minimum absolute atomic E-state index is 0.0552. The maximum absolute atomic E-state index is 11.9. The summed E-state index contributed by atoms with van der Waals surface area (Å²) in [5.74, 6) is -0.112. The molecule has 1 aromatic rings. The van der Waals surface area contributed by atoms with E-state index in [1.807, 2.05) is 12.1 Å². The van der Waals surface area contributed by atoms with Crippen molar-refractivity contribution in [3.63, 3.8) is 0 Å². The molecule has 1 amide bonds. The van der Waals surface area contributed by atoms with Crippen molar-refractivity contribution in [1.82, 2.24) is 5.32 Å². The van der Waals surface area contributed by atoms with Gasteiger partial charge in [-0.2, -0.15) is 0 Å². The third kappa shape index (κ3) is 3.53. The van der Waals surface area contributed by atoms with Gasteiger partial charge in [0.05, 0.1) is 25.9 Å². The number of carbonyl (C=O) groups excluding carboxylic acids is 1. The Morgan fingerprint density at radius 2 is 2.33 bits per heavy atom. The lowest BCUT2D eigenvalue weighted by molar-refractivity contribution is -0.0855. The van der Waals surface area contributed by atoms with Crippen molar-refractivity contribution in [1.29, 1.82) is 0 Å². The molecule has 1 heterocycles. The molecule has 1 unspecified atom stereocenters. The standard InChI is InChI=1S/C13H18N2O3/c14-7-10-2-1-3-11(6-10)13(16)15-8-12-9-17-4-5-18-12/h1-3,6,12H,4-5,7-9,14H2,(H,15,16). The van der Waals surface area contributed by atoms with Gasteiger partial charge in [0, 0.05) is 18.7 Å². The summed E-state index contributed by atoms with van der Waals surface area (Å²) in [4.78, 5) is 11.9. The highest BCUT2D eigenvalue weighted by Crippen LogP contribution is 2.05. The average molecular weight is 250 g/mol. The normalized spacial score (nSPS) is 19.5. The minimum atomic E-state index is -0.112. The van der Waals surface area contributed by atoms with Crippen LogP contribution in [0.25, 0.3) is 0 Å². The fraction of sp³-hybridized carbons (Fsp3) is 0.462. The van der Waals surface area contributed by atoms with Crippen molar-refractivity contribution in [3.8, 4) is 0 Å². The Labute approximate surface area is 106 Å². The van der Waals surface area contributed by atoms with Crippen LogP contribution in [0.5, 0.6) is 0 Å². The average Bonchev–Trinajstić information content (AvgIpc) is 2.46. The van der Waals surface area contributed by atoms with Crippen LogP contribution in [0.1, 0.15) is 15.9 Å². The van der Waals surface area contributed by atoms with Gasteiger partial charge in [0.1, 0.15) is 0 Å². The SMILES string of the molecule is NCc1cccc(C(=O)NCC2COCCO2)c1. The number of hydrogen-bond donors (Lipinski definition) is 2. The molecule has 0 aromatic heterocycles. The summed E-state index contributed by atoms with van der Waals surface area (Å²) in [6.07, 6.45) is -0.0552. The second kappa shape index (κ2) is 6.49. The third-order valence-electron chi connectivity index (χ3n) is 2.80. The Balaban J connectivity index is 1.86. The number of carbonyl (C=O) groups is 1. The van der Waals surface area contributed by atoms with Crippen LogP contribution in [-0.4, -0.2) is 38.4 Å². The Kier molecular flexibility index (Phi) is 4.69. The molecular weight excluding hydrogens is 232 g/mol. The number of ether oxygens (including phenoxy) is 2. The van der Waals surface area contributed by atoms with E-state index in [1.165, 1.54) is 0 Å². The summed E-state index contributed by atoms with van der Waals surface area (Å²) in [5.41, 5.74) is 7.11. The van der Waals surface area contributed by atoms with Gasteiger partial charge < -0.3 is 20.5 Å². The molecule has 5 heteroatoms. The maximum atomic E-state index is 11.9. The molecule has 1 aliphatic heterocycles. The first-order valence-electron chi connectivity index (χ1n) is 6.06. The largest absolute Gasteiger partial charge is 0.376 e. The van der Waals surface area contributed by atoms with Gasteiger partial charge in [-0.1, -0.05) is 12.1 Å².